The Hall–Kier alpha value is -1.39. The fraction of sp³-hybridized carbons (Fsp3) is 0.133. The van der Waals surface area contributed by atoms with Crippen molar-refractivity contribution in [1.29, 1.82) is 0 Å². The lowest BCUT2D eigenvalue weighted by Crippen LogP contribution is -1.73. The van der Waals surface area contributed by atoms with Crippen molar-refractivity contribution in [3.05, 3.63) is 60.7 Å². The maximum atomic E-state index is 3.16. The lowest BCUT2D eigenvalue weighted by atomic mass is 10.1. The maximum Gasteiger partial charge on any atom is -0.0184 e. The van der Waals surface area contributed by atoms with E-state index in [2.05, 4.69) is 64.3 Å². The van der Waals surface area contributed by atoms with Gasteiger partial charge in [-0.15, -0.1) is 8.86 Å². The highest BCUT2D eigenvalue weighted by Crippen LogP contribution is 2.17. The molecule has 0 saturated heterocycles. The highest BCUT2D eigenvalue weighted by atomic mass is 31.0. The van der Waals surface area contributed by atoms with Crippen LogP contribution >= 0.6 is 8.86 Å². The van der Waals surface area contributed by atoms with Gasteiger partial charge in [-0.2, -0.15) is 0 Å². The fourth-order valence-electron chi connectivity index (χ4n) is 1.26. The summed E-state index contributed by atoms with van der Waals surface area (Å²) in [5.74, 6) is 1.93. The zero-order valence-corrected chi connectivity index (χ0v) is 10.6. The smallest absolute Gasteiger partial charge is 0.0184 e. The van der Waals surface area contributed by atoms with E-state index in [1.54, 1.807) is 0 Å². The predicted octanol–water partition coefficient (Wildman–Crippen LogP) is 4.70. The summed E-state index contributed by atoms with van der Waals surface area (Å²) in [7, 11) is 3.16. The summed E-state index contributed by atoms with van der Waals surface area (Å²) >= 11 is 0. The molecule has 0 unspecified atom stereocenters. The Kier molecular flexibility index (Phi) is 6.22. The standard InChI is InChI=1S/C12H10.C3H7P/c1-3-7-11(8-4-1)12-9-5-2-6-10-12;1-2-3-4/h1-10H;3-4H,2H2,1H3. The molecule has 0 aliphatic rings. The molecule has 0 radical (unpaired) electrons. The van der Waals surface area contributed by atoms with Crippen LogP contribution in [0.5, 0.6) is 0 Å². The second kappa shape index (κ2) is 7.84. The van der Waals surface area contributed by atoms with E-state index in [-0.39, 0.29) is 0 Å². The quantitative estimate of drug-likeness (QED) is 0.654. The summed E-state index contributed by atoms with van der Waals surface area (Å²) < 4.78 is 0. The predicted molar refractivity (Wildman–Crippen MR) is 76.5 cm³/mol. The molecule has 2 aromatic carbocycles. The molecule has 0 fully saturated rings. The van der Waals surface area contributed by atoms with Crippen LogP contribution in [0, 0.1) is 0 Å². The molecule has 0 nitrogen and oxygen atoms in total. The highest BCUT2D eigenvalue weighted by molar-refractivity contribution is 7.18. The molecule has 16 heavy (non-hydrogen) atoms. The van der Waals surface area contributed by atoms with Crippen molar-refractivity contribution in [3.8, 4) is 11.1 Å². The van der Waals surface area contributed by atoms with Gasteiger partial charge in [-0.05, 0) is 17.5 Å². The summed E-state index contributed by atoms with van der Waals surface area (Å²) in [5, 5.41) is 0. The first kappa shape index (κ1) is 12.7. The lowest BCUT2D eigenvalue weighted by molar-refractivity contribution is 1.35. The van der Waals surface area contributed by atoms with Gasteiger partial charge in [0.1, 0.15) is 0 Å². The Morgan fingerprint density at radius 1 is 0.812 bits per heavy atom. The summed E-state index contributed by atoms with van der Waals surface area (Å²) in [5.41, 5.74) is 2.55. The summed E-state index contributed by atoms with van der Waals surface area (Å²) in [6, 6.07) is 20.8. The molecule has 0 N–H and O–H groups in total. The van der Waals surface area contributed by atoms with Crippen LogP contribution in [-0.4, -0.2) is 5.80 Å². The molecule has 2 aromatic rings. The molecule has 0 spiro atoms. The van der Waals surface area contributed by atoms with Crippen molar-refractivity contribution >= 4 is 14.7 Å². The number of benzene rings is 2. The van der Waals surface area contributed by atoms with Gasteiger partial charge in [0.15, 0.2) is 0 Å². The van der Waals surface area contributed by atoms with Gasteiger partial charge in [-0.1, -0.05) is 73.4 Å². The molecule has 2 rings (SSSR count). The van der Waals surface area contributed by atoms with Gasteiger partial charge in [0, 0.05) is 0 Å². The maximum absolute atomic E-state index is 3.16. The number of hydrogen-bond donors (Lipinski definition) is 0. The first-order valence-electron chi connectivity index (χ1n) is 5.48. The zero-order chi connectivity index (χ0) is 11.6. The van der Waals surface area contributed by atoms with Crippen LogP contribution < -0.4 is 0 Å². The summed E-state index contributed by atoms with van der Waals surface area (Å²) in [6.07, 6.45) is 1.11. The molecule has 0 bridgehead atoms. The molecular formula is C15H17P. The van der Waals surface area contributed by atoms with E-state index in [0.29, 0.717) is 0 Å². The van der Waals surface area contributed by atoms with Crippen molar-refractivity contribution in [2.45, 2.75) is 13.3 Å². The van der Waals surface area contributed by atoms with E-state index in [1.165, 1.54) is 11.1 Å². The average molecular weight is 228 g/mol. The van der Waals surface area contributed by atoms with Gasteiger partial charge >= 0.3 is 0 Å². The van der Waals surface area contributed by atoms with E-state index >= 15 is 0 Å². The van der Waals surface area contributed by atoms with Crippen LogP contribution in [0.3, 0.4) is 0 Å². The molecule has 0 atom stereocenters. The van der Waals surface area contributed by atoms with Gasteiger partial charge in [0.25, 0.3) is 0 Å². The topological polar surface area (TPSA) is 0 Å². The minimum atomic E-state index is 1.11. The van der Waals surface area contributed by atoms with E-state index in [0.717, 1.165) is 6.42 Å². The molecule has 0 aromatic heterocycles. The molecule has 0 aliphatic carbocycles. The fourth-order valence-corrected chi connectivity index (χ4v) is 1.26. The van der Waals surface area contributed by atoms with Gasteiger partial charge in [-0.3, -0.25) is 0 Å². The van der Waals surface area contributed by atoms with Crippen molar-refractivity contribution in [3.63, 3.8) is 0 Å². The van der Waals surface area contributed by atoms with Crippen LogP contribution in [0.4, 0.5) is 0 Å². The minimum absolute atomic E-state index is 1.11. The Labute approximate surface area is 100 Å². The van der Waals surface area contributed by atoms with Gasteiger partial charge in [0.2, 0.25) is 0 Å². The molecule has 0 aliphatic heterocycles. The first-order valence-corrected chi connectivity index (χ1v) is 6.05. The minimum Gasteiger partial charge on any atom is -0.127 e. The molecule has 82 valence electrons. The van der Waals surface area contributed by atoms with Gasteiger partial charge in [0.05, 0.1) is 0 Å². The van der Waals surface area contributed by atoms with Crippen molar-refractivity contribution in [1.82, 2.24) is 0 Å². The van der Waals surface area contributed by atoms with Crippen LogP contribution in [-0.2, 0) is 0 Å². The van der Waals surface area contributed by atoms with Crippen molar-refractivity contribution < 1.29 is 0 Å². The average Bonchev–Trinajstić information content (AvgIpc) is 2.41. The Morgan fingerprint density at radius 3 is 1.38 bits per heavy atom. The van der Waals surface area contributed by atoms with Crippen LogP contribution in [0.1, 0.15) is 13.3 Å². The number of hydrogen-bond acceptors (Lipinski definition) is 0. The Bertz CT molecular complexity index is 355. The van der Waals surface area contributed by atoms with Gasteiger partial charge < -0.3 is 0 Å². The molecule has 0 saturated carbocycles. The van der Waals surface area contributed by atoms with Crippen LogP contribution in [0.25, 0.3) is 11.1 Å². The van der Waals surface area contributed by atoms with Crippen LogP contribution in [0.15, 0.2) is 60.7 Å². The van der Waals surface area contributed by atoms with Crippen LogP contribution in [0.2, 0.25) is 0 Å². The van der Waals surface area contributed by atoms with Gasteiger partial charge in [-0.25, -0.2) is 0 Å². The van der Waals surface area contributed by atoms with E-state index in [9.17, 15) is 0 Å². The number of rotatable bonds is 2. The molecule has 0 heterocycles. The largest absolute Gasteiger partial charge is 0.127 e. The zero-order valence-electron chi connectivity index (χ0n) is 9.56. The third-order valence-electron chi connectivity index (χ3n) is 2.09. The first-order chi connectivity index (χ1) is 7.88. The Morgan fingerprint density at radius 2 is 1.12 bits per heavy atom. The Balaban J connectivity index is 0.000000280. The molecule has 1 heteroatoms. The van der Waals surface area contributed by atoms with Crippen molar-refractivity contribution in [2.75, 3.05) is 0 Å². The van der Waals surface area contributed by atoms with E-state index < -0.39 is 0 Å². The second-order valence-corrected chi connectivity index (χ2v) is 3.75. The summed E-state index contributed by atoms with van der Waals surface area (Å²) in [4.78, 5) is 0. The monoisotopic (exact) mass is 228 g/mol. The normalized spacial score (nSPS) is 8.81. The second-order valence-electron chi connectivity index (χ2n) is 3.34. The lowest BCUT2D eigenvalue weighted by Gasteiger charge is -1.98. The highest BCUT2D eigenvalue weighted by Gasteiger charge is 1.91. The SMILES string of the molecule is CCC=P.c1ccc(-c2ccccc2)cc1. The van der Waals surface area contributed by atoms with Crippen molar-refractivity contribution in [2.24, 2.45) is 0 Å². The molecular weight excluding hydrogens is 211 g/mol. The van der Waals surface area contributed by atoms with E-state index in [4.69, 9.17) is 0 Å². The third-order valence-corrected chi connectivity index (χ3v) is 2.49. The molecule has 0 amide bonds. The third kappa shape index (κ3) is 4.42. The summed E-state index contributed by atoms with van der Waals surface area (Å²) in [6.45, 7) is 2.08. The van der Waals surface area contributed by atoms with E-state index in [1.807, 2.05) is 17.9 Å².